The fourth-order valence-corrected chi connectivity index (χ4v) is 2.90. The van der Waals surface area contributed by atoms with Gasteiger partial charge in [0.1, 0.15) is 0 Å². The van der Waals surface area contributed by atoms with E-state index in [2.05, 4.69) is 42.5 Å². The van der Waals surface area contributed by atoms with Gasteiger partial charge in [0.2, 0.25) is 0 Å². The zero-order valence-electron chi connectivity index (χ0n) is 10.3. The highest BCUT2D eigenvalue weighted by Gasteiger charge is 2.01. The Kier molecular flexibility index (Phi) is 3.05. The van der Waals surface area contributed by atoms with Gasteiger partial charge in [0.15, 0.2) is 0 Å². The monoisotopic (exact) mass is 266 g/mol. The van der Waals surface area contributed by atoms with Crippen LogP contribution >= 0.6 is 11.8 Å². The van der Waals surface area contributed by atoms with Crippen LogP contribution in [0.25, 0.3) is 10.8 Å². The van der Waals surface area contributed by atoms with Crippen LogP contribution in [-0.4, -0.2) is 0 Å². The first-order chi connectivity index (χ1) is 9.22. The van der Waals surface area contributed by atoms with Gasteiger partial charge in [-0.25, -0.2) is 0 Å². The lowest BCUT2D eigenvalue weighted by Gasteiger charge is -2.06. The number of fused-ring (bicyclic) bond motifs is 1. The molecule has 0 radical (unpaired) electrons. The average Bonchev–Trinajstić information content (AvgIpc) is 2.43. The van der Waals surface area contributed by atoms with Crippen molar-refractivity contribution in [3.8, 4) is 0 Å². The molecule has 0 atom stereocenters. The Morgan fingerprint density at radius 2 is 1.32 bits per heavy atom. The van der Waals surface area contributed by atoms with Gasteiger partial charge < -0.3 is 11.5 Å². The molecule has 3 rings (SSSR count). The lowest BCUT2D eigenvalue weighted by atomic mass is 10.1. The number of nitrogens with two attached hydrogens (primary N) is 2. The van der Waals surface area contributed by atoms with E-state index in [1.807, 2.05) is 18.2 Å². The number of benzene rings is 3. The molecular weight excluding hydrogens is 252 g/mol. The van der Waals surface area contributed by atoms with Gasteiger partial charge >= 0.3 is 0 Å². The molecule has 0 bridgehead atoms. The van der Waals surface area contributed by atoms with Crippen molar-refractivity contribution in [1.29, 1.82) is 0 Å². The maximum atomic E-state index is 5.83. The van der Waals surface area contributed by atoms with Crippen LogP contribution in [0.5, 0.6) is 0 Å². The minimum absolute atomic E-state index is 0.628. The number of hydrogen-bond acceptors (Lipinski definition) is 3. The second-order valence-corrected chi connectivity index (χ2v) is 5.55. The number of rotatable bonds is 2. The van der Waals surface area contributed by atoms with Crippen LogP contribution in [-0.2, 0) is 0 Å². The normalized spacial score (nSPS) is 10.7. The summed E-state index contributed by atoms with van der Waals surface area (Å²) >= 11 is 1.69. The highest BCUT2D eigenvalue weighted by atomic mass is 32.2. The maximum absolute atomic E-state index is 5.83. The lowest BCUT2D eigenvalue weighted by molar-refractivity contribution is 1.42. The van der Waals surface area contributed by atoms with E-state index in [0.29, 0.717) is 11.4 Å². The lowest BCUT2D eigenvalue weighted by Crippen LogP contribution is -1.93. The molecule has 3 heteroatoms. The molecule has 0 aliphatic heterocycles. The number of hydrogen-bond donors (Lipinski definition) is 2. The van der Waals surface area contributed by atoms with E-state index < -0.39 is 0 Å². The largest absolute Gasteiger partial charge is 0.397 e. The van der Waals surface area contributed by atoms with Crippen LogP contribution in [0, 0.1) is 0 Å². The minimum atomic E-state index is 0.628. The van der Waals surface area contributed by atoms with Gasteiger partial charge in [-0.15, -0.1) is 0 Å². The Morgan fingerprint density at radius 3 is 2.11 bits per heavy atom. The van der Waals surface area contributed by atoms with Crippen LogP contribution in [0.15, 0.2) is 70.5 Å². The van der Waals surface area contributed by atoms with Gasteiger partial charge in [0, 0.05) is 9.79 Å². The summed E-state index contributed by atoms with van der Waals surface area (Å²) in [5.74, 6) is 0. The van der Waals surface area contributed by atoms with E-state index >= 15 is 0 Å². The summed E-state index contributed by atoms with van der Waals surface area (Å²) in [4.78, 5) is 2.30. The van der Waals surface area contributed by atoms with E-state index in [1.54, 1.807) is 11.8 Å². The molecule has 0 aliphatic carbocycles. The fourth-order valence-electron chi connectivity index (χ4n) is 1.98. The first-order valence-electron chi connectivity index (χ1n) is 6.04. The molecule has 0 unspecified atom stereocenters. The number of anilines is 2. The summed E-state index contributed by atoms with van der Waals surface area (Å²) in [5.41, 5.74) is 12.8. The molecule has 0 saturated heterocycles. The first kappa shape index (κ1) is 11.9. The van der Waals surface area contributed by atoms with E-state index in [4.69, 9.17) is 11.5 Å². The van der Waals surface area contributed by atoms with Crippen molar-refractivity contribution >= 4 is 33.9 Å². The molecule has 0 spiro atoms. The summed E-state index contributed by atoms with van der Waals surface area (Å²) in [6.07, 6.45) is 0. The molecule has 0 fully saturated rings. The van der Waals surface area contributed by atoms with Crippen LogP contribution in [0.2, 0.25) is 0 Å². The predicted molar refractivity (Wildman–Crippen MR) is 83.3 cm³/mol. The quantitative estimate of drug-likeness (QED) is 0.685. The smallest absolute Gasteiger partial charge is 0.0559 e. The van der Waals surface area contributed by atoms with Crippen molar-refractivity contribution in [2.24, 2.45) is 0 Å². The Bertz CT molecular complexity index is 738. The summed E-state index contributed by atoms with van der Waals surface area (Å²) in [5, 5.41) is 2.50. The first-order valence-corrected chi connectivity index (χ1v) is 6.86. The van der Waals surface area contributed by atoms with Gasteiger partial charge in [-0.3, -0.25) is 0 Å². The zero-order chi connectivity index (χ0) is 13.2. The molecule has 0 heterocycles. The van der Waals surface area contributed by atoms with Crippen molar-refractivity contribution in [2.75, 3.05) is 11.5 Å². The highest BCUT2D eigenvalue weighted by Crippen LogP contribution is 2.32. The van der Waals surface area contributed by atoms with Gasteiger partial charge in [-0.1, -0.05) is 42.1 Å². The third-order valence-corrected chi connectivity index (χ3v) is 3.99. The van der Waals surface area contributed by atoms with Crippen molar-refractivity contribution in [2.45, 2.75) is 9.79 Å². The summed E-state index contributed by atoms with van der Waals surface area (Å²) < 4.78 is 0. The average molecular weight is 266 g/mol. The van der Waals surface area contributed by atoms with Crippen molar-refractivity contribution in [3.63, 3.8) is 0 Å². The molecule has 94 valence electrons. The van der Waals surface area contributed by atoms with E-state index in [1.165, 1.54) is 15.7 Å². The van der Waals surface area contributed by atoms with Crippen LogP contribution < -0.4 is 11.5 Å². The molecule has 19 heavy (non-hydrogen) atoms. The fraction of sp³-hybridized carbons (Fsp3) is 0. The second-order valence-electron chi connectivity index (χ2n) is 4.40. The zero-order valence-corrected chi connectivity index (χ0v) is 11.2. The Hall–Kier alpha value is -2.13. The summed E-state index contributed by atoms with van der Waals surface area (Å²) in [7, 11) is 0. The highest BCUT2D eigenvalue weighted by molar-refractivity contribution is 7.99. The van der Waals surface area contributed by atoms with Crippen LogP contribution in [0.4, 0.5) is 11.4 Å². The molecule has 3 aromatic rings. The Labute approximate surface area is 116 Å². The Morgan fingerprint density at radius 1 is 0.632 bits per heavy atom. The summed E-state index contributed by atoms with van der Waals surface area (Å²) in [6, 6.07) is 20.5. The van der Waals surface area contributed by atoms with E-state index in [-0.39, 0.29) is 0 Å². The molecule has 4 N–H and O–H groups in total. The number of nitrogen functional groups attached to an aromatic ring is 2. The Balaban J connectivity index is 1.94. The predicted octanol–water partition coefficient (Wildman–Crippen LogP) is 4.16. The third-order valence-electron chi connectivity index (χ3n) is 3.01. The molecule has 3 aromatic carbocycles. The van der Waals surface area contributed by atoms with E-state index in [9.17, 15) is 0 Å². The van der Waals surface area contributed by atoms with Crippen molar-refractivity contribution in [3.05, 3.63) is 60.7 Å². The minimum Gasteiger partial charge on any atom is -0.397 e. The van der Waals surface area contributed by atoms with Gasteiger partial charge in [-0.05, 0) is 41.1 Å². The van der Waals surface area contributed by atoms with Crippen molar-refractivity contribution in [1.82, 2.24) is 0 Å². The molecule has 0 aliphatic rings. The van der Waals surface area contributed by atoms with E-state index in [0.717, 1.165) is 4.90 Å². The van der Waals surface area contributed by atoms with Crippen molar-refractivity contribution < 1.29 is 0 Å². The van der Waals surface area contributed by atoms with Gasteiger partial charge in [-0.2, -0.15) is 0 Å². The van der Waals surface area contributed by atoms with Gasteiger partial charge in [0.05, 0.1) is 11.4 Å². The van der Waals surface area contributed by atoms with Crippen LogP contribution in [0.3, 0.4) is 0 Å². The third kappa shape index (κ3) is 2.51. The summed E-state index contributed by atoms with van der Waals surface area (Å²) in [6.45, 7) is 0. The topological polar surface area (TPSA) is 52.0 Å². The molecule has 0 amide bonds. The second kappa shape index (κ2) is 4.86. The SMILES string of the molecule is Nc1ccc(Sc2ccc3ccccc3c2)cc1N. The molecule has 2 nitrogen and oxygen atoms in total. The molecule has 0 aromatic heterocycles. The molecule has 0 saturated carbocycles. The molecular formula is C16H14N2S. The standard InChI is InChI=1S/C16H14N2S/c17-15-8-7-14(10-16(15)18)19-13-6-5-11-3-1-2-4-12(11)9-13/h1-10H,17-18H2. The van der Waals surface area contributed by atoms with Gasteiger partial charge in [0.25, 0.3) is 0 Å². The maximum Gasteiger partial charge on any atom is 0.0559 e. The van der Waals surface area contributed by atoms with Crippen LogP contribution in [0.1, 0.15) is 0 Å².